The molecule has 3 heterocycles. The van der Waals surface area contributed by atoms with Crippen LogP contribution in [0.1, 0.15) is 15.9 Å². The third-order valence-electron chi connectivity index (χ3n) is 5.96. The van der Waals surface area contributed by atoms with Gasteiger partial charge in [0.05, 0.1) is 33.0 Å². The van der Waals surface area contributed by atoms with E-state index in [-0.39, 0.29) is 28.4 Å². The van der Waals surface area contributed by atoms with Gasteiger partial charge >= 0.3 is 5.69 Å². The highest BCUT2D eigenvalue weighted by molar-refractivity contribution is 7.14. The smallest absolute Gasteiger partial charge is 0.329 e. The highest BCUT2D eigenvalue weighted by atomic mass is 35.5. The maximum atomic E-state index is 14.7. The van der Waals surface area contributed by atoms with Gasteiger partial charge in [0.1, 0.15) is 5.82 Å². The number of anilines is 1. The van der Waals surface area contributed by atoms with E-state index in [0.717, 1.165) is 5.00 Å². The molecule has 7 nitrogen and oxygen atoms in total. The Bertz CT molecular complexity index is 1490. The third kappa shape index (κ3) is 4.12. The molecule has 0 bridgehead atoms. The monoisotopic (exact) mass is 498 g/mol. The average Bonchev–Trinajstić information content (AvgIpc) is 3.37. The van der Waals surface area contributed by atoms with Crippen molar-refractivity contribution in [2.45, 2.75) is 6.54 Å². The SMILES string of the molecule is O=C(c1cc(Cn2c(=O)[nH]c(=O)c3c(Cl)cccc32)ccc1F)N1CCN(c2cccs2)CC1. The highest BCUT2D eigenvalue weighted by Crippen LogP contribution is 2.24. The molecule has 0 spiro atoms. The normalized spacial score (nSPS) is 14.1. The number of amides is 1. The molecule has 5 rings (SSSR count). The van der Waals surface area contributed by atoms with E-state index in [0.29, 0.717) is 37.3 Å². The van der Waals surface area contributed by atoms with Gasteiger partial charge in [-0.05, 0) is 47.3 Å². The van der Waals surface area contributed by atoms with Crippen LogP contribution in [-0.2, 0) is 6.54 Å². The molecule has 0 aliphatic carbocycles. The quantitative estimate of drug-likeness (QED) is 0.467. The van der Waals surface area contributed by atoms with Gasteiger partial charge in [-0.25, -0.2) is 9.18 Å². The van der Waals surface area contributed by atoms with Gasteiger partial charge < -0.3 is 9.80 Å². The number of benzene rings is 2. The van der Waals surface area contributed by atoms with Crippen LogP contribution in [0.5, 0.6) is 0 Å². The Hall–Kier alpha value is -3.43. The molecule has 1 saturated heterocycles. The second-order valence-electron chi connectivity index (χ2n) is 8.02. The predicted molar refractivity (Wildman–Crippen MR) is 132 cm³/mol. The summed E-state index contributed by atoms with van der Waals surface area (Å²) in [6.45, 7) is 2.37. The van der Waals surface area contributed by atoms with E-state index >= 15 is 0 Å². The van der Waals surface area contributed by atoms with Crippen molar-refractivity contribution in [1.82, 2.24) is 14.5 Å². The van der Waals surface area contributed by atoms with Gasteiger partial charge in [0, 0.05) is 26.2 Å². The lowest BCUT2D eigenvalue weighted by molar-refractivity contribution is 0.0742. The first-order chi connectivity index (χ1) is 16.4. The van der Waals surface area contributed by atoms with Gasteiger partial charge in [0.25, 0.3) is 11.5 Å². The van der Waals surface area contributed by atoms with Crippen LogP contribution in [0.4, 0.5) is 9.39 Å². The number of hydrogen-bond donors (Lipinski definition) is 1. The summed E-state index contributed by atoms with van der Waals surface area (Å²) in [5.74, 6) is -0.997. The molecule has 1 aliphatic rings. The summed E-state index contributed by atoms with van der Waals surface area (Å²) in [6.07, 6.45) is 0. The van der Waals surface area contributed by atoms with Crippen LogP contribution in [0.25, 0.3) is 10.9 Å². The van der Waals surface area contributed by atoms with Crippen molar-refractivity contribution in [2.24, 2.45) is 0 Å². The van der Waals surface area contributed by atoms with Crippen molar-refractivity contribution in [2.75, 3.05) is 31.1 Å². The molecule has 0 unspecified atom stereocenters. The maximum absolute atomic E-state index is 14.7. The number of thiophene rings is 1. The van der Waals surface area contributed by atoms with Crippen molar-refractivity contribution in [3.05, 3.63) is 96.7 Å². The van der Waals surface area contributed by atoms with Crippen LogP contribution in [0.3, 0.4) is 0 Å². The number of nitrogens with one attached hydrogen (secondary N) is 1. The van der Waals surface area contributed by atoms with E-state index in [4.69, 9.17) is 11.6 Å². The molecule has 2 aromatic heterocycles. The number of aromatic nitrogens is 2. The van der Waals surface area contributed by atoms with Crippen LogP contribution >= 0.6 is 22.9 Å². The standard InChI is InChI=1S/C24H20ClFN4O3S/c25-17-3-1-4-19-21(17)22(31)27-24(33)30(19)14-15-6-7-18(26)16(13-15)23(32)29-10-8-28(9-11-29)20-5-2-12-34-20/h1-7,12-13H,8-11,14H2,(H,27,31,33). The topological polar surface area (TPSA) is 78.4 Å². The minimum absolute atomic E-state index is 0.0399. The fourth-order valence-corrected chi connectivity index (χ4v) is 5.26. The molecule has 1 amide bonds. The number of carbonyl (C=O) groups is 1. The van der Waals surface area contributed by atoms with Gasteiger partial charge in [-0.15, -0.1) is 11.3 Å². The van der Waals surface area contributed by atoms with Gasteiger partial charge in [-0.1, -0.05) is 23.7 Å². The Labute approximate surface area is 202 Å². The fraction of sp³-hybridized carbons (Fsp3) is 0.208. The summed E-state index contributed by atoms with van der Waals surface area (Å²) in [7, 11) is 0. The first-order valence-corrected chi connectivity index (χ1v) is 12.0. The molecule has 1 fully saturated rings. The molecule has 0 atom stereocenters. The van der Waals surface area contributed by atoms with E-state index in [1.54, 1.807) is 34.4 Å². The number of rotatable bonds is 4. The van der Waals surface area contributed by atoms with E-state index in [1.807, 2.05) is 17.5 Å². The van der Waals surface area contributed by atoms with E-state index in [9.17, 15) is 18.8 Å². The minimum Gasteiger partial charge on any atom is -0.360 e. The first-order valence-electron chi connectivity index (χ1n) is 10.7. The fourth-order valence-electron chi connectivity index (χ4n) is 4.22. The number of carbonyl (C=O) groups excluding carboxylic acids is 1. The number of halogens is 2. The van der Waals surface area contributed by atoms with Gasteiger partial charge in [0.2, 0.25) is 0 Å². The summed E-state index contributed by atoms with van der Waals surface area (Å²) in [5.41, 5.74) is -0.303. The zero-order valence-electron chi connectivity index (χ0n) is 18.0. The summed E-state index contributed by atoms with van der Waals surface area (Å²) in [5, 5.41) is 3.59. The van der Waals surface area contributed by atoms with Crippen LogP contribution in [0.15, 0.2) is 63.5 Å². The number of hydrogen-bond acceptors (Lipinski definition) is 5. The Kier molecular flexibility index (Phi) is 5.97. The zero-order valence-corrected chi connectivity index (χ0v) is 19.5. The van der Waals surface area contributed by atoms with Crippen molar-refractivity contribution in [3.8, 4) is 0 Å². The van der Waals surface area contributed by atoms with Gasteiger partial charge in [-0.2, -0.15) is 0 Å². The number of H-pyrrole nitrogens is 1. The molecule has 2 aromatic carbocycles. The molecule has 0 saturated carbocycles. The lowest BCUT2D eigenvalue weighted by atomic mass is 10.1. The summed E-state index contributed by atoms with van der Waals surface area (Å²) in [4.78, 5) is 44.0. The average molecular weight is 499 g/mol. The number of nitrogens with zero attached hydrogens (tertiary/aromatic N) is 3. The molecular formula is C24H20ClFN4O3S. The third-order valence-corrected chi connectivity index (χ3v) is 7.21. The summed E-state index contributed by atoms with van der Waals surface area (Å²) < 4.78 is 16.0. The number of fused-ring (bicyclic) bond motifs is 1. The Morgan fingerprint density at radius 1 is 1.06 bits per heavy atom. The summed E-state index contributed by atoms with van der Waals surface area (Å²) >= 11 is 7.82. The number of piperazine rings is 1. The maximum Gasteiger partial charge on any atom is 0.329 e. The van der Waals surface area contributed by atoms with E-state index < -0.39 is 17.1 Å². The Balaban J connectivity index is 1.41. The van der Waals surface area contributed by atoms with Crippen LogP contribution in [0.2, 0.25) is 5.02 Å². The van der Waals surface area contributed by atoms with Crippen LogP contribution < -0.4 is 16.1 Å². The second-order valence-corrected chi connectivity index (χ2v) is 9.36. The molecule has 1 aliphatic heterocycles. The summed E-state index contributed by atoms with van der Waals surface area (Å²) in [6, 6.07) is 13.1. The van der Waals surface area contributed by atoms with Crippen LogP contribution in [0, 0.1) is 5.82 Å². The van der Waals surface area contributed by atoms with E-state index in [2.05, 4.69) is 9.88 Å². The molecule has 4 aromatic rings. The van der Waals surface area contributed by atoms with Crippen molar-refractivity contribution >= 4 is 44.7 Å². The minimum atomic E-state index is -0.615. The molecule has 174 valence electrons. The second kappa shape index (κ2) is 9.08. The molecular weight excluding hydrogens is 479 g/mol. The lowest BCUT2D eigenvalue weighted by Crippen LogP contribution is -2.48. The molecule has 34 heavy (non-hydrogen) atoms. The largest absolute Gasteiger partial charge is 0.360 e. The van der Waals surface area contributed by atoms with Crippen molar-refractivity contribution < 1.29 is 9.18 Å². The Morgan fingerprint density at radius 2 is 1.85 bits per heavy atom. The number of aromatic amines is 1. The predicted octanol–water partition coefficient (Wildman–Crippen LogP) is 3.55. The Morgan fingerprint density at radius 3 is 2.59 bits per heavy atom. The van der Waals surface area contributed by atoms with E-state index in [1.165, 1.54) is 22.8 Å². The van der Waals surface area contributed by atoms with Crippen molar-refractivity contribution in [3.63, 3.8) is 0 Å². The molecule has 10 heteroatoms. The van der Waals surface area contributed by atoms with Gasteiger partial charge in [0.15, 0.2) is 0 Å². The van der Waals surface area contributed by atoms with Crippen molar-refractivity contribution in [1.29, 1.82) is 0 Å². The lowest BCUT2D eigenvalue weighted by Gasteiger charge is -2.35. The first kappa shape index (κ1) is 22.4. The van der Waals surface area contributed by atoms with Gasteiger partial charge in [-0.3, -0.25) is 19.1 Å². The molecule has 1 N–H and O–H groups in total. The zero-order chi connectivity index (χ0) is 23.8. The molecule has 0 radical (unpaired) electrons. The highest BCUT2D eigenvalue weighted by Gasteiger charge is 2.25. The van der Waals surface area contributed by atoms with Crippen LogP contribution in [-0.4, -0.2) is 46.5 Å².